The van der Waals surface area contributed by atoms with Crippen LogP contribution in [0.5, 0.6) is 5.75 Å². The van der Waals surface area contributed by atoms with Gasteiger partial charge in [0.05, 0.1) is 5.69 Å². The fourth-order valence-corrected chi connectivity index (χ4v) is 1.60. The summed E-state index contributed by atoms with van der Waals surface area (Å²) in [5.41, 5.74) is 7.08. The molecule has 3 rings (SSSR count). The van der Waals surface area contributed by atoms with Crippen LogP contribution in [0.15, 0.2) is 34.7 Å². The third-order valence-corrected chi connectivity index (χ3v) is 2.43. The highest BCUT2D eigenvalue weighted by Crippen LogP contribution is 2.29. The van der Waals surface area contributed by atoms with E-state index < -0.39 is 0 Å². The molecule has 0 aliphatic carbocycles. The van der Waals surface area contributed by atoms with Crippen molar-refractivity contribution in [3.8, 4) is 28.6 Å². The Kier molecular flexibility index (Phi) is 2.23. The zero-order chi connectivity index (χ0) is 12.5. The largest absolute Gasteiger partial charge is 0.507 e. The fraction of sp³-hybridized carbons (Fsp3) is 0. The van der Waals surface area contributed by atoms with Gasteiger partial charge in [0, 0.05) is 5.56 Å². The molecule has 7 heteroatoms. The van der Waals surface area contributed by atoms with Gasteiger partial charge in [-0.05, 0) is 18.2 Å². The average Bonchev–Trinajstić information content (AvgIpc) is 2.98. The molecule has 0 bridgehead atoms. The number of phenolic OH excluding ortho intramolecular Hbond substituents is 1. The Morgan fingerprint density at radius 3 is 2.78 bits per heavy atom. The number of nitrogens with one attached hydrogen (secondary N) is 1. The van der Waals surface area contributed by atoms with Gasteiger partial charge in [-0.15, -0.1) is 5.10 Å². The van der Waals surface area contributed by atoms with Gasteiger partial charge in [-0.25, -0.2) is 0 Å². The summed E-state index contributed by atoms with van der Waals surface area (Å²) in [5.74, 6) is 0.405. The standard InChI is InChI=1S/C11H9N5O2/c12-11-16-15-10(18-11)8-5-7(13-14-8)6-3-1-2-4-9(6)17/h1-5,17H,(H2,12,16)(H,13,14). The predicted molar refractivity (Wildman–Crippen MR) is 63.4 cm³/mol. The Balaban J connectivity index is 2.02. The SMILES string of the molecule is Nc1nnc(-c2cc(-c3ccccc3O)n[nH]2)o1. The molecule has 90 valence electrons. The molecule has 0 unspecified atom stereocenters. The maximum Gasteiger partial charge on any atom is 0.313 e. The third-order valence-electron chi connectivity index (χ3n) is 2.43. The molecule has 2 aromatic heterocycles. The van der Waals surface area contributed by atoms with Gasteiger partial charge in [0.25, 0.3) is 5.89 Å². The summed E-state index contributed by atoms with van der Waals surface area (Å²) in [7, 11) is 0. The van der Waals surface area contributed by atoms with Gasteiger partial charge in [-0.1, -0.05) is 17.2 Å². The first-order valence-electron chi connectivity index (χ1n) is 5.17. The van der Waals surface area contributed by atoms with Crippen LogP contribution in [0.25, 0.3) is 22.8 Å². The molecule has 7 nitrogen and oxygen atoms in total. The summed E-state index contributed by atoms with van der Waals surface area (Å²) in [6.45, 7) is 0. The molecular formula is C11H9N5O2. The van der Waals surface area contributed by atoms with Gasteiger partial charge >= 0.3 is 6.01 Å². The number of benzene rings is 1. The van der Waals surface area contributed by atoms with E-state index in [0.717, 1.165) is 0 Å². The molecule has 0 aliphatic heterocycles. The van der Waals surface area contributed by atoms with Crippen molar-refractivity contribution in [2.45, 2.75) is 0 Å². The fourth-order valence-electron chi connectivity index (χ4n) is 1.60. The molecular weight excluding hydrogens is 234 g/mol. The molecule has 18 heavy (non-hydrogen) atoms. The van der Waals surface area contributed by atoms with Crippen molar-refractivity contribution in [2.24, 2.45) is 0 Å². The second-order valence-corrected chi connectivity index (χ2v) is 3.63. The maximum absolute atomic E-state index is 9.72. The summed E-state index contributed by atoms with van der Waals surface area (Å²) in [6, 6.07) is 8.59. The molecule has 4 N–H and O–H groups in total. The van der Waals surface area contributed by atoms with Crippen LogP contribution < -0.4 is 5.73 Å². The lowest BCUT2D eigenvalue weighted by molar-refractivity contribution is 0.477. The highest BCUT2D eigenvalue weighted by atomic mass is 16.4. The second kappa shape index (κ2) is 3.88. The van der Waals surface area contributed by atoms with Crippen molar-refractivity contribution in [3.05, 3.63) is 30.3 Å². The van der Waals surface area contributed by atoms with E-state index in [1.54, 1.807) is 24.3 Å². The van der Waals surface area contributed by atoms with Crippen LogP contribution in [0.3, 0.4) is 0 Å². The van der Waals surface area contributed by atoms with E-state index in [2.05, 4.69) is 20.4 Å². The van der Waals surface area contributed by atoms with E-state index in [1.807, 2.05) is 6.07 Å². The summed E-state index contributed by atoms with van der Waals surface area (Å²) in [5, 5.41) is 23.8. The van der Waals surface area contributed by atoms with E-state index in [-0.39, 0.29) is 17.7 Å². The summed E-state index contributed by atoms with van der Waals surface area (Å²) in [4.78, 5) is 0. The third kappa shape index (κ3) is 1.67. The number of nitrogen functional groups attached to an aromatic ring is 1. The van der Waals surface area contributed by atoms with Crippen molar-refractivity contribution < 1.29 is 9.52 Å². The summed E-state index contributed by atoms with van der Waals surface area (Å²) in [6.07, 6.45) is 0. The van der Waals surface area contributed by atoms with Gasteiger partial charge in [-0.3, -0.25) is 5.10 Å². The number of para-hydroxylation sites is 1. The molecule has 0 aliphatic rings. The Bertz CT molecular complexity index is 688. The average molecular weight is 243 g/mol. The van der Waals surface area contributed by atoms with Gasteiger partial charge in [0.2, 0.25) is 0 Å². The van der Waals surface area contributed by atoms with Gasteiger partial charge in [0.1, 0.15) is 11.4 Å². The van der Waals surface area contributed by atoms with Crippen molar-refractivity contribution in [2.75, 3.05) is 5.73 Å². The molecule has 3 aromatic rings. The Hall–Kier alpha value is -2.83. The maximum atomic E-state index is 9.72. The second-order valence-electron chi connectivity index (χ2n) is 3.63. The van der Waals surface area contributed by atoms with E-state index in [0.29, 0.717) is 17.0 Å². The zero-order valence-corrected chi connectivity index (χ0v) is 9.16. The van der Waals surface area contributed by atoms with Gasteiger partial charge in [-0.2, -0.15) is 5.10 Å². The monoisotopic (exact) mass is 243 g/mol. The highest BCUT2D eigenvalue weighted by molar-refractivity contribution is 5.69. The molecule has 0 amide bonds. The first kappa shape index (κ1) is 10.3. The van der Waals surface area contributed by atoms with Crippen molar-refractivity contribution >= 4 is 6.01 Å². The topological polar surface area (TPSA) is 114 Å². The molecule has 0 radical (unpaired) electrons. The zero-order valence-electron chi connectivity index (χ0n) is 9.16. The molecule has 0 saturated carbocycles. The molecule has 0 spiro atoms. The van der Waals surface area contributed by atoms with Crippen LogP contribution in [-0.4, -0.2) is 25.5 Å². The number of hydrogen-bond acceptors (Lipinski definition) is 6. The normalized spacial score (nSPS) is 10.7. The number of nitrogens with zero attached hydrogens (tertiary/aromatic N) is 3. The number of aromatic amines is 1. The number of aromatic hydroxyl groups is 1. The lowest BCUT2D eigenvalue weighted by Crippen LogP contribution is -1.81. The molecule has 0 fully saturated rings. The van der Waals surface area contributed by atoms with Crippen molar-refractivity contribution in [1.82, 2.24) is 20.4 Å². The number of phenols is 1. The Morgan fingerprint density at radius 1 is 1.22 bits per heavy atom. The summed E-state index contributed by atoms with van der Waals surface area (Å²) < 4.78 is 5.07. The van der Waals surface area contributed by atoms with E-state index >= 15 is 0 Å². The van der Waals surface area contributed by atoms with Crippen molar-refractivity contribution in [1.29, 1.82) is 0 Å². The van der Waals surface area contributed by atoms with Crippen LogP contribution in [0.4, 0.5) is 6.01 Å². The lowest BCUT2D eigenvalue weighted by Gasteiger charge is -1.98. The molecule has 1 aromatic carbocycles. The lowest BCUT2D eigenvalue weighted by atomic mass is 10.1. The van der Waals surface area contributed by atoms with Crippen LogP contribution in [0.1, 0.15) is 0 Å². The first-order chi connectivity index (χ1) is 8.74. The minimum absolute atomic E-state index is 0.0105. The number of nitrogens with two attached hydrogens (primary N) is 1. The highest BCUT2D eigenvalue weighted by Gasteiger charge is 2.12. The van der Waals surface area contributed by atoms with Gasteiger partial charge in [0.15, 0.2) is 0 Å². The predicted octanol–water partition coefficient (Wildman–Crippen LogP) is 1.41. The minimum Gasteiger partial charge on any atom is -0.507 e. The minimum atomic E-state index is -0.0105. The molecule has 0 atom stereocenters. The number of rotatable bonds is 2. The number of hydrogen-bond donors (Lipinski definition) is 3. The number of H-pyrrole nitrogens is 1. The van der Waals surface area contributed by atoms with E-state index in [4.69, 9.17) is 10.2 Å². The van der Waals surface area contributed by atoms with E-state index in [1.165, 1.54) is 0 Å². The Labute approximate surface area is 101 Å². The molecule has 0 saturated heterocycles. The van der Waals surface area contributed by atoms with Gasteiger partial charge < -0.3 is 15.3 Å². The van der Waals surface area contributed by atoms with Crippen LogP contribution in [0, 0.1) is 0 Å². The summed E-state index contributed by atoms with van der Waals surface area (Å²) >= 11 is 0. The first-order valence-corrected chi connectivity index (χ1v) is 5.17. The van der Waals surface area contributed by atoms with Crippen molar-refractivity contribution in [3.63, 3.8) is 0 Å². The van der Waals surface area contributed by atoms with Crippen LogP contribution >= 0.6 is 0 Å². The smallest absolute Gasteiger partial charge is 0.313 e. The number of aromatic nitrogens is 4. The van der Waals surface area contributed by atoms with Crippen LogP contribution in [0.2, 0.25) is 0 Å². The Morgan fingerprint density at radius 2 is 2.06 bits per heavy atom. The van der Waals surface area contributed by atoms with E-state index in [9.17, 15) is 5.11 Å². The number of anilines is 1. The quantitative estimate of drug-likeness (QED) is 0.627. The van der Waals surface area contributed by atoms with Crippen LogP contribution in [-0.2, 0) is 0 Å². The molecule has 2 heterocycles.